The van der Waals surface area contributed by atoms with Crippen molar-refractivity contribution >= 4 is 0 Å². The van der Waals surface area contributed by atoms with Crippen molar-refractivity contribution in [1.82, 2.24) is 9.55 Å². The van der Waals surface area contributed by atoms with Crippen LogP contribution in [0.25, 0.3) is 0 Å². The van der Waals surface area contributed by atoms with E-state index in [1.54, 1.807) is 43.4 Å². The molecule has 1 aromatic heterocycles. The summed E-state index contributed by atoms with van der Waals surface area (Å²) in [6.07, 6.45) is 2.52. The van der Waals surface area contributed by atoms with Crippen molar-refractivity contribution in [3.8, 4) is 11.5 Å². The summed E-state index contributed by atoms with van der Waals surface area (Å²) in [4.78, 5) is 4.14. The van der Waals surface area contributed by atoms with Crippen molar-refractivity contribution in [3.05, 3.63) is 42.0 Å². The number of ether oxygens (including phenoxy) is 2. The Morgan fingerprint density at radius 1 is 1.22 bits per heavy atom. The third-order valence-electron chi connectivity index (χ3n) is 2.74. The van der Waals surface area contributed by atoms with Crippen LogP contribution in [-0.4, -0.2) is 28.9 Å². The Hall–Kier alpha value is -2.01. The molecule has 2 rings (SSSR count). The molecule has 0 amide bonds. The van der Waals surface area contributed by atoms with E-state index in [-0.39, 0.29) is 0 Å². The first-order valence-corrected chi connectivity index (χ1v) is 5.54. The van der Waals surface area contributed by atoms with Gasteiger partial charge in [-0.05, 0) is 12.1 Å². The first-order valence-electron chi connectivity index (χ1n) is 5.54. The number of rotatable bonds is 4. The number of aryl methyl sites for hydroxylation is 1. The van der Waals surface area contributed by atoms with E-state index in [0.717, 1.165) is 0 Å². The van der Waals surface area contributed by atoms with Crippen LogP contribution in [0.3, 0.4) is 0 Å². The second-order valence-corrected chi connectivity index (χ2v) is 3.94. The summed E-state index contributed by atoms with van der Waals surface area (Å²) in [5.74, 6) is 1.15. The highest BCUT2D eigenvalue weighted by Gasteiger charge is 2.22. The minimum atomic E-state index is -0.878. The number of methoxy groups -OCH3 is 2. The van der Waals surface area contributed by atoms with Gasteiger partial charge in [0.15, 0.2) is 0 Å². The largest absolute Gasteiger partial charge is 0.496 e. The number of aromatic nitrogens is 2. The SMILES string of the molecule is COc1cccc(OC)c1C(O)c1cn(C)cn1. The molecule has 5 heteroatoms. The lowest BCUT2D eigenvalue weighted by Gasteiger charge is -2.16. The summed E-state index contributed by atoms with van der Waals surface area (Å²) in [5, 5.41) is 10.4. The summed E-state index contributed by atoms with van der Waals surface area (Å²) in [7, 11) is 4.97. The zero-order chi connectivity index (χ0) is 13.1. The number of aliphatic hydroxyl groups is 1. The number of hydrogen-bond donors (Lipinski definition) is 1. The lowest BCUT2D eigenvalue weighted by Crippen LogP contribution is -2.05. The normalized spacial score (nSPS) is 12.2. The maximum Gasteiger partial charge on any atom is 0.130 e. The van der Waals surface area contributed by atoms with Crippen molar-refractivity contribution in [2.24, 2.45) is 7.05 Å². The molecule has 0 saturated carbocycles. The highest BCUT2D eigenvalue weighted by Crippen LogP contribution is 2.36. The Balaban J connectivity index is 2.48. The van der Waals surface area contributed by atoms with Gasteiger partial charge in [-0.2, -0.15) is 0 Å². The molecule has 0 bridgehead atoms. The number of nitrogens with zero attached hydrogens (tertiary/aromatic N) is 2. The Morgan fingerprint density at radius 3 is 2.28 bits per heavy atom. The van der Waals surface area contributed by atoms with Gasteiger partial charge in [-0.3, -0.25) is 0 Å². The maximum atomic E-state index is 10.4. The fourth-order valence-corrected chi connectivity index (χ4v) is 1.87. The minimum absolute atomic E-state index is 0.556. The van der Waals surface area contributed by atoms with Crippen LogP contribution in [0.1, 0.15) is 17.4 Å². The fourth-order valence-electron chi connectivity index (χ4n) is 1.87. The van der Waals surface area contributed by atoms with Crippen LogP contribution in [0.15, 0.2) is 30.7 Å². The molecule has 1 unspecified atom stereocenters. The predicted molar refractivity (Wildman–Crippen MR) is 66.8 cm³/mol. The second kappa shape index (κ2) is 5.10. The van der Waals surface area contributed by atoms with Crippen molar-refractivity contribution in [2.75, 3.05) is 14.2 Å². The van der Waals surface area contributed by atoms with Gasteiger partial charge in [0, 0.05) is 13.2 Å². The third kappa shape index (κ3) is 2.17. The molecule has 0 spiro atoms. The van der Waals surface area contributed by atoms with Gasteiger partial charge in [0.2, 0.25) is 0 Å². The first kappa shape index (κ1) is 12.4. The van der Waals surface area contributed by atoms with Gasteiger partial charge in [-0.25, -0.2) is 4.98 Å². The van der Waals surface area contributed by atoms with Gasteiger partial charge in [-0.1, -0.05) is 6.07 Å². The summed E-state index contributed by atoms with van der Waals surface area (Å²) >= 11 is 0. The Labute approximate surface area is 106 Å². The Morgan fingerprint density at radius 2 is 1.83 bits per heavy atom. The molecule has 0 aliphatic rings. The van der Waals surface area contributed by atoms with Crippen LogP contribution in [0.5, 0.6) is 11.5 Å². The highest BCUT2D eigenvalue weighted by atomic mass is 16.5. The van der Waals surface area contributed by atoms with Crippen LogP contribution in [0, 0.1) is 0 Å². The van der Waals surface area contributed by atoms with Gasteiger partial charge in [0.1, 0.15) is 17.6 Å². The average molecular weight is 248 g/mol. The van der Waals surface area contributed by atoms with Gasteiger partial charge >= 0.3 is 0 Å². The van der Waals surface area contributed by atoms with Gasteiger partial charge in [0.05, 0.1) is 31.8 Å². The number of aliphatic hydroxyl groups excluding tert-OH is 1. The summed E-state index contributed by atoms with van der Waals surface area (Å²) in [5.41, 5.74) is 1.14. The molecule has 2 aromatic rings. The predicted octanol–water partition coefficient (Wildman–Crippen LogP) is 1.52. The van der Waals surface area contributed by atoms with E-state index < -0.39 is 6.10 Å². The van der Waals surface area contributed by atoms with Crippen LogP contribution in [-0.2, 0) is 7.05 Å². The smallest absolute Gasteiger partial charge is 0.130 e. The molecule has 5 nitrogen and oxygen atoms in total. The molecule has 18 heavy (non-hydrogen) atoms. The lowest BCUT2D eigenvalue weighted by atomic mass is 10.0. The Bertz CT molecular complexity index is 515. The van der Waals surface area contributed by atoms with Crippen molar-refractivity contribution in [1.29, 1.82) is 0 Å². The molecule has 0 fully saturated rings. The van der Waals surface area contributed by atoms with Gasteiger partial charge < -0.3 is 19.1 Å². The van der Waals surface area contributed by atoms with Gasteiger partial charge in [0.25, 0.3) is 0 Å². The quantitative estimate of drug-likeness (QED) is 0.891. The number of hydrogen-bond acceptors (Lipinski definition) is 4. The van der Waals surface area contributed by atoms with E-state index in [2.05, 4.69) is 4.98 Å². The van der Waals surface area contributed by atoms with Crippen LogP contribution in [0.4, 0.5) is 0 Å². The Kier molecular flexibility index (Phi) is 3.53. The standard InChI is InChI=1S/C13H16N2O3/c1-15-7-9(14-8-15)13(16)12-10(17-2)5-4-6-11(12)18-3/h4-8,13,16H,1-3H3. The summed E-state index contributed by atoms with van der Waals surface area (Å²) in [6.45, 7) is 0. The molecule has 1 aromatic carbocycles. The van der Waals surface area contributed by atoms with E-state index in [0.29, 0.717) is 22.8 Å². The summed E-state index contributed by atoms with van der Waals surface area (Å²) in [6, 6.07) is 5.38. The second-order valence-electron chi connectivity index (χ2n) is 3.94. The number of benzene rings is 1. The van der Waals surface area contributed by atoms with E-state index in [4.69, 9.17) is 9.47 Å². The molecule has 0 aliphatic heterocycles. The molecule has 96 valence electrons. The van der Waals surface area contributed by atoms with Crippen LogP contribution >= 0.6 is 0 Å². The van der Waals surface area contributed by atoms with E-state index in [1.165, 1.54) is 0 Å². The molecule has 1 heterocycles. The van der Waals surface area contributed by atoms with Crippen LogP contribution in [0.2, 0.25) is 0 Å². The molecule has 0 radical (unpaired) electrons. The van der Waals surface area contributed by atoms with Gasteiger partial charge in [-0.15, -0.1) is 0 Å². The molecule has 1 N–H and O–H groups in total. The monoisotopic (exact) mass is 248 g/mol. The molecular formula is C13H16N2O3. The minimum Gasteiger partial charge on any atom is -0.496 e. The molecule has 0 saturated heterocycles. The third-order valence-corrected chi connectivity index (χ3v) is 2.74. The number of imidazole rings is 1. The van der Waals surface area contributed by atoms with E-state index >= 15 is 0 Å². The molecule has 1 atom stereocenters. The van der Waals surface area contributed by atoms with Crippen molar-refractivity contribution in [2.45, 2.75) is 6.10 Å². The van der Waals surface area contributed by atoms with E-state index in [1.807, 2.05) is 13.1 Å². The van der Waals surface area contributed by atoms with Crippen LogP contribution < -0.4 is 9.47 Å². The zero-order valence-electron chi connectivity index (χ0n) is 10.6. The topological polar surface area (TPSA) is 56.5 Å². The molecular weight excluding hydrogens is 232 g/mol. The molecule has 0 aliphatic carbocycles. The summed E-state index contributed by atoms with van der Waals surface area (Å²) < 4.78 is 12.3. The zero-order valence-corrected chi connectivity index (χ0v) is 10.6. The maximum absolute atomic E-state index is 10.4. The van der Waals surface area contributed by atoms with Crippen molar-refractivity contribution in [3.63, 3.8) is 0 Å². The first-order chi connectivity index (χ1) is 8.67. The lowest BCUT2D eigenvalue weighted by molar-refractivity contribution is 0.204. The average Bonchev–Trinajstić information content (AvgIpc) is 2.83. The fraction of sp³-hybridized carbons (Fsp3) is 0.308. The van der Waals surface area contributed by atoms with E-state index in [9.17, 15) is 5.11 Å². The van der Waals surface area contributed by atoms with Crippen molar-refractivity contribution < 1.29 is 14.6 Å². The highest BCUT2D eigenvalue weighted by molar-refractivity contribution is 5.48.